The highest BCUT2D eigenvalue weighted by molar-refractivity contribution is 6.29. The first-order valence-electron chi connectivity index (χ1n) is 4.57. The molecule has 0 unspecified atom stereocenters. The van der Waals surface area contributed by atoms with E-state index >= 15 is 0 Å². The fourth-order valence-electron chi connectivity index (χ4n) is 1.38. The lowest BCUT2D eigenvalue weighted by molar-refractivity contribution is 0.381. The number of hydrogen-bond donors (Lipinski definition) is 0. The zero-order valence-corrected chi connectivity index (χ0v) is 9.20. The predicted molar refractivity (Wildman–Crippen MR) is 54.5 cm³/mol. The topological polar surface area (TPSA) is 12.9 Å². The molecule has 0 amide bonds. The second-order valence-electron chi connectivity index (χ2n) is 3.31. The van der Waals surface area contributed by atoms with Gasteiger partial charge in [-0.15, -0.1) is 0 Å². The van der Waals surface area contributed by atoms with Gasteiger partial charge in [0.15, 0.2) is 23.3 Å². The van der Waals surface area contributed by atoms with Crippen molar-refractivity contribution in [1.29, 1.82) is 0 Å². The van der Waals surface area contributed by atoms with E-state index in [9.17, 15) is 22.0 Å². The van der Waals surface area contributed by atoms with E-state index in [0.717, 1.165) is 12.3 Å². The summed E-state index contributed by atoms with van der Waals surface area (Å²) in [6.07, 6.45) is 0.917. The summed E-state index contributed by atoms with van der Waals surface area (Å²) < 4.78 is 65.5. The van der Waals surface area contributed by atoms with Crippen molar-refractivity contribution < 1.29 is 22.0 Å². The Labute approximate surface area is 103 Å². The van der Waals surface area contributed by atoms with Gasteiger partial charge < -0.3 is 0 Å². The predicted octanol–water partition coefficient (Wildman–Crippen LogP) is 4.10. The Morgan fingerprint density at radius 2 is 1.28 bits per heavy atom. The number of hydrogen-bond acceptors (Lipinski definition) is 1. The maximum absolute atomic E-state index is 13.4. The standard InChI is InChI=1S/C11H3ClF5N/c12-5-2-1-4(3-18-5)6-7(13)9(15)11(17)10(16)8(6)14/h1-3H. The zero-order chi connectivity index (χ0) is 13.4. The smallest absolute Gasteiger partial charge is 0.200 e. The van der Waals surface area contributed by atoms with Crippen LogP contribution < -0.4 is 0 Å². The number of nitrogens with zero attached hydrogens (tertiary/aromatic N) is 1. The van der Waals surface area contributed by atoms with Crippen LogP contribution in [-0.4, -0.2) is 4.98 Å². The number of pyridine rings is 1. The molecule has 0 saturated heterocycles. The first-order chi connectivity index (χ1) is 8.43. The number of rotatable bonds is 1. The lowest BCUT2D eigenvalue weighted by Gasteiger charge is -2.07. The molecule has 0 spiro atoms. The van der Waals surface area contributed by atoms with Gasteiger partial charge in [-0.2, -0.15) is 0 Å². The average molecular weight is 280 g/mol. The molecule has 0 radical (unpaired) electrons. The van der Waals surface area contributed by atoms with E-state index in [1.54, 1.807) is 0 Å². The molecule has 1 heterocycles. The first-order valence-corrected chi connectivity index (χ1v) is 4.94. The van der Waals surface area contributed by atoms with Gasteiger partial charge in [0.05, 0.1) is 5.56 Å². The highest BCUT2D eigenvalue weighted by Gasteiger charge is 2.26. The van der Waals surface area contributed by atoms with Crippen LogP contribution in [0.1, 0.15) is 0 Å². The molecule has 1 aromatic heterocycles. The Balaban J connectivity index is 2.75. The summed E-state index contributed by atoms with van der Waals surface area (Å²) in [7, 11) is 0. The maximum Gasteiger partial charge on any atom is 0.200 e. The van der Waals surface area contributed by atoms with Crippen LogP contribution in [-0.2, 0) is 0 Å². The van der Waals surface area contributed by atoms with E-state index in [4.69, 9.17) is 11.6 Å². The molecule has 0 bridgehead atoms. The monoisotopic (exact) mass is 279 g/mol. The van der Waals surface area contributed by atoms with E-state index in [1.165, 1.54) is 6.07 Å². The van der Waals surface area contributed by atoms with E-state index in [-0.39, 0.29) is 10.7 Å². The summed E-state index contributed by atoms with van der Waals surface area (Å²) in [6, 6.07) is 2.28. The van der Waals surface area contributed by atoms with Crippen LogP contribution in [0.4, 0.5) is 22.0 Å². The summed E-state index contributed by atoms with van der Waals surface area (Å²) in [5, 5.41) is 0.0302. The van der Waals surface area contributed by atoms with Crippen molar-refractivity contribution in [3.8, 4) is 11.1 Å². The molecule has 1 aromatic carbocycles. The Hall–Kier alpha value is -1.69. The fraction of sp³-hybridized carbons (Fsp3) is 0. The molecule has 18 heavy (non-hydrogen) atoms. The largest absolute Gasteiger partial charge is 0.244 e. The summed E-state index contributed by atoms with van der Waals surface area (Å²) in [6.45, 7) is 0. The van der Waals surface area contributed by atoms with Crippen molar-refractivity contribution in [2.45, 2.75) is 0 Å². The molecule has 7 heteroatoms. The highest BCUT2D eigenvalue weighted by Crippen LogP contribution is 2.31. The van der Waals surface area contributed by atoms with Crippen molar-refractivity contribution in [2.75, 3.05) is 0 Å². The molecule has 0 atom stereocenters. The Morgan fingerprint density at radius 1 is 0.778 bits per heavy atom. The van der Waals surface area contributed by atoms with Crippen LogP contribution in [0.5, 0.6) is 0 Å². The van der Waals surface area contributed by atoms with Crippen LogP contribution in [0, 0.1) is 29.1 Å². The normalized spacial score (nSPS) is 10.8. The second-order valence-corrected chi connectivity index (χ2v) is 3.70. The lowest BCUT2D eigenvalue weighted by Crippen LogP contribution is -2.04. The summed E-state index contributed by atoms with van der Waals surface area (Å²) in [4.78, 5) is 3.51. The Kier molecular flexibility index (Phi) is 3.21. The van der Waals surface area contributed by atoms with Gasteiger partial charge in [0.2, 0.25) is 5.82 Å². The number of benzene rings is 1. The van der Waals surface area contributed by atoms with Crippen LogP contribution >= 0.6 is 11.6 Å². The van der Waals surface area contributed by atoms with Gasteiger partial charge in [-0.05, 0) is 12.1 Å². The third-order valence-corrected chi connectivity index (χ3v) is 2.45. The van der Waals surface area contributed by atoms with Crippen LogP contribution in [0.3, 0.4) is 0 Å². The van der Waals surface area contributed by atoms with Gasteiger partial charge >= 0.3 is 0 Å². The van der Waals surface area contributed by atoms with E-state index in [1.807, 2.05) is 0 Å². The Morgan fingerprint density at radius 3 is 1.72 bits per heavy atom. The third-order valence-electron chi connectivity index (χ3n) is 2.23. The van der Waals surface area contributed by atoms with Gasteiger partial charge in [-0.25, -0.2) is 26.9 Å². The van der Waals surface area contributed by atoms with Crippen LogP contribution in [0.25, 0.3) is 11.1 Å². The van der Waals surface area contributed by atoms with E-state index < -0.39 is 34.6 Å². The minimum atomic E-state index is -2.20. The van der Waals surface area contributed by atoms with Crippen LogP contribution in [0.15, 0.2) is 18.3 Å². The summed E-state index contributed by atoms with van der Waals surface area (Å²) in [5.74, 6) is -10.0. The van der Waals surface area contributed by atoms with Crippen molar-refractivity contribution in [3.63, 3.8) is 0 Å². The van der Waals surface area contributed by atoms with Crippen molar-refractivity contribution >= 4 is 11.6 Å². The quantitative estimate of drug-likeness (QED) is 0.331. The fourth-order valence-corrected chi connectivity index (χ4v) is 1.49. The van der Waals surface area contributed by atoms with Gasteiger partial charge in [-0.3, -0.25) is 0 Å². The second kappa shape index (κ2) is 4.53. The minimum Gasteiger partial charge on any atom is -0.244 e. The lowest BCUT2D eigenvalue weighted by atomic mass is 10.1. The van der Waals surface area contributed by atoms with Gasteiger partial charge in [-0.1, -0.05) is 11.6 Å². The number of halogens is 6. The molecule has 0 aliphatic heterocycles. The molecular formula is C11H3ClF5N. The molecule has 2 aromatic rings. The van der Waals surface area contributed by atoms with Crippen molar-refractivity contribution in [2.24, 2.45) is 0 Å². The van der Waals surface area contributed by atoms with E-state index in [0.29, 0.717) is 0 Å². The van der Waals surface area contributed by atoms with E-state index in [2.05, 4.69) is 4.98 Å². The molecule has 0 N–H and O–H groups in total. The number of aromatic nitrogens is 1. The van der Waals surface area contributed by atoms with Gasteiger partial charge in [0.25, 0.3) is 0 Å². The molecular weight excluding hydrogens is 277 g/mol. The highest BCUT2D eigenvalue weighted by atomic mass is 35.5. The minimum absolute atomic E-state index is 0.0302. The molecule has 0 fully saturated rings. The molecule has 0 aliphatic rings. The van der Waals surface area contributed by atoms with Crippen molar-refractivity contribution in [1.82, 2.24) is 4.98 Å². The average Bonchev–Trinajstić information content (AvgIpc) is 2.36. The first kappa shape index (κ1) is 12.8. The maximum atomic E-state index is 13.4. The third kappa shape index (κ3) is 1.92. The zero-order valence-electron chi connectivity index (χ0n) is 8.45. The summed E-state index contributed by atoms with van der Waals surface area (Å²) in [5.41, 5.74) is -1.29. The molecule has 1 nitrogen and oxygen atoms in total. The van der Waals surface area contributed by atoms with Crippen molar-refractivity contribution in [3.05, 3.63) is 52.6 Å². The van der Waals surface area contributed by atoms with Crippen LogP contribution in [0.2, 0.25) is 5.15 Å². The Bertz CT molecular complexity index is 583. The molecule has 0 aliphatic carbocycles. The SMILES string of the molecule is Fc1c(F)c(F)c(-c2ccc(Cl)nc2)c(F)c1F. The molecule has 0 saturated carbocycles. The molecule has 94 valence electrons. The van der Waals surface area contributed by atoms with Gasteiger partial charge in [0, 0.05) is 11.8 Å². The summed E-state index contributed by atoms with van der Waals surface area (Å²) >= 11 is 5.46. The van der Waals surface area contributed by atoms with Gasteiger partial charge in [0.1, 0.15) is 5.15 Å². The molecule has 2 rings (SSSR count).